The van der Waals surface area contributed by atoms with Crippen molar-refractivity contribution in [3.63, 3.8) is 0 Å². The van der Waals surface area contributed by atoms with Gasteiger partial charge in [-0.25, -0.2) is 0 Å². The first-order chi connectivity index (χ1) is 8.02. The largest absolute Gasteiger partial charge is 0.393 e. The second-order valence-corrected chi connectivity index (χ2v) is 5.23. The molecule has 1 atom stereocenters. The number of nitrogens with two attached hydrogens (primary N) is 1. The molecule has 0 radical (unpaired) electrons. The van der Waals surface area contributed by atoms with Crippen LogP contribution < -0.4 is 5.73 Å². The van der Waals surface area contributed by atoms with Crippen molar-refractivity contribution in [1.82, 2.24) is 4.90 Å². The highest BCUT2D eigenvalue weighted by atomic mass is 35.5. The molecule has 1 unspecified atom stereocenters. The second kappa shape index (κ2) is 6.94. The summed E-state index contributed by atoms with van der Waals surface area (Å²) in [6, 6.07) is 8.33. The number of hydrogen-bond donors (Lipinski definition) is 1. The molecule has 0 aliphatic rings. The van der Waals surface area contributed by atoms with Crippen LogP contribution in [0.15, 0.2) is 24.3 Å². The number of thiocarbonyl (C=S) groups is 1. The smallest absolute Gasteiger partial charge is 0.0743 e. The van der Waals surface area contributed by atoms with E-state index < -0.39 is 0 Å². The summed E-state index contributed by atoms with van der Waals surface area (Å²) >= 11 is 10.8. The fourth-order valence-corrected chi connectivity index (χ4v) is 2.17. The predicted molar refractivity (Wildman–Crippen MR) is 78.4 cm³/mol. The summed E-state index contributed by atoms with van der Waals surface area (Å²) in [4.78, 5) is 2.86. The lowest BCUT2D eigenvalue weighted by atomic mass is 10.1. The normalized spacial score (nSPS) is 12.7. The maximum Gasteiger partial charge on any atom is 0.0743 e. The average molecular weight is 271 g/mol. The van der Waals surface area contributed by atoms with E-state index in [1.54, 1.807) is 0 Å². The third kappa shape index (κ3) is 5.02. The number of hydrogen-bond acceptors (Lipinski definition) is 2. The first kappa shape index (κ1) is 14.4. The summed E-state index contributed by atoms with van der Waals surface area (Å²) in [5.74, 6) is 0. The van der Waals surface area contributed by atoms with E-state index in [0.717, 1.165) is 24.4 Å². The Kier molecular flexibility index (Phi) is 5.89. The molecule has 0 amide bonds. The Morgan fingerprint density at radius 3 is 2.47 bits per heavy atom. The van der Waals surface area contributed by atoms with Gasteiger partial charge >= 0.3 is 0 Å². The van der Waals surface area contributed by atoms with Gasteiger partial charge in [-0.2, -0.15) is 0 Å². The van der Waals surface area contributed by atoms with Crippen molar-refractivity contribution in [3.8, 4) is 0 Å². The van der Waals surface area contributed by atoms with E-state index in [1.165, 1.54) is 5.56 Å². The third-order valence-corrected chi connectivity index (χ3v) is 3.30. The van der Waals surface area contributed by atoms with Crippen molar-refractivity contribution in [1.29, 1.82) is 0 Å². The van der Waals surface area contributed by atoms with Crippen molar-refractivity contribution in [2.75, 3.05) is 7.05 Å². The van der Waals surface area contributed by atoms with Crippen molar-refractivity contribution < 1.29 is 0 Å². The number of rotatable bonds is 6. The molecule has 1 aromatic rings. The fraction of sp³-hybridized carbons (Fsp3) is 0.462. The SMILES string of the molecule is CCC(CC(N)=S)N(C)Cc1ccc(Cl)cc1. The first-order valence-corrected chi connectivity index (χ1v) is 6.54. The molecular formula is C13H19ClN2S. The molecule has 0 aliphatic carbocycles. The molecule has 4 heteroatoms. The van der Waals surface area contributed by atoms with E-state index in [4.69, 9.17) is 29.6 Å². The number of halogens is 1. The standard InChI is InChI=1S/C13H19ClN2S/c1-3-12(8-13(15)17)16(2)9-10-4-6-11(14)7-5-10/h4-7,12H,3,8-9H2,1-2H3,(H2,15,17). The third-order valence-electron chi connectivity index (χ3n) is 2.88. The zero-order valence-corrected chi connectivity index (χ0v) is 11.9. The van der Waals surface area contributed by atoms with Crippen LogP contribution in [-0.2, 0) is 6.54 Å². The quantitative estimate of drug-likeness (QED) is 0.805. The molecular weight excluding hydrogens is 252 g/mol. The maximum atomic E-state index is 5.86. The van der Waals surface area contributed by atoms with E-state index >= 15 is 0 Å². The zero-order valence-electron chi connectivity index (χ0n) is 10.3. The molecule has 0 fully saturated rings. The highest BCUT2D eigenvalue weighted by Gasteiger charge is 2.13. The summed E-state index contributed by atoms with van der Waals surface area (Å²) in [7, 11) is 2.10. The van der Waals surface area contributed by atoms with Crippen LogP contribution in [0.1, 0.15) is 25.3 Å². The Balaban J connectivity index is 2.60. The Hall–Kier alpha value is -0.640. The molecule has 0 spiro atoms. The predicted octanol–water partition coefficient (Wildman–Crippen LogP) is 3.23. The van der Waals surface area contributed by atoms with Gasteiger partial charge in [-0.3, -0.25) is 4.90 Å². The minimum atomic E-state index is 0.406. The lowest BCUT2D eigenvalue weighted by Gasteiger charge is -2.26. The van der Waals surface area contributed by atoms with E-state index in [-0.39, 0.29) is 0 Å². The molecule has 2 N–H and O–H groups in total. The average Bonchev–Trinajstić information content (AvgIpc) is 2.28. The monoisotopic (exact) mass is 270 g/mol. The van der Waals surface area contributed by atoms with Crippen LogP contribution in [-0.4, -0.2) is 23.0 Å². The molecule has 94 valence electrons. The summed E-state index contributed by atoms with van der Waals surface area (Å²) in [5, 5.41) is 0.770. The maximum absolute atomic E-state index is 5.86. The van der Waals surface area contributed by atoms with Gasteiger partial charge in [0, 0.05) is 24.0 Å². The van der Waals surface area contributed by atoms with Crippen LogP contribution in [0.2, 0.25) is 5.02 Å². The molecule has 0 saturated heterocycles. The molecule has 0 aromatic heterocycles. The van der Waals surface area contributed by atoms with Crippen molar-refractivity contribution in [2.45, 2.75) is 32.4 Å². The van der Waals surface area contributed by atoms with Crippen molar-refractivity contribution in [3.05, 3.63) is 34.9 Å². The second-order valence-electron chi connectivity index (χ2n) is 4.27. The van der Waals surface area contributed by atoms with Crippen LogP contribution >= 0.6 is 23.8 Å². The van der Waals surface area contributed by atoms with E-state index in [2.05, 4.69) is 18.9 Å². The Morgan fingerprint density at radius 1 is 1.41 bits per heavy atom. The van der Waals surface area contributed by atoms with E-state index in [0.29, 0.717) is 11.0 Å². The van der Waals surface area contributed by atoms with Gasteiger partial charge in [-0.05, 0) is 31.2 Å². The van der Waals surface area contributed by atoms with Gasteiger partial charge in [0.05, 0.1) is 4.99 Å². The molecule has 17 heavy (non-hydrogen) atoms. The molecule has 2 nitrogen and oxygen atoms in total. The summed E-state index contributed by atoms with van der Waals surface area (Å²) in [5.41, 5.74) is 6.86. The van der Waals surface area contributed by atoms with Gasteiger partial charge in [0.15, 0.2) is 0 Å². The first-order valence-electron chi connectivity index (χ1n) is 5.76. The highest BCUT2D eigenvalue weighted by Crippen LogP contribution is 2.14. The van der Waals surface area contributed by atoms with Crippen LogP contribution in [0.25, 0.3) is 0 Å². The number of nitrogens with zero attached hydrogens (tertiary/aromatic N) is 1. The molecule has 0 saturated carbocycles. The van der Waals surface area contributed by atoms with Crippen LogP contribution in [0, 0.1) is 0 Å². The van der Waals surface area contributed by atoms with Crippen molar-refractivity contribution >= 4 is 28.8 Å². The van der Waals surface area contributed by atoms with Gasteiger partial charge in [0.25, 0.3) is 0 Å². The lowest BCUT2D eigenvalue weighted by molar-refractivity contribution is 0.233. The van der Waals surface area contributed by atoms with Crippen molar-refractivity contribution in [2.24, 2.45) is 5.73 Å². The van der Waals surface area contributed by atoms with Gasteiger partial charge in [-0.1, -0.05) is 42.9 Å². The minimum Gasteiger partial charge on any atom is -0.393 e. The van der Waals surface area contributed by atoms with Gasteiger partial charge in [0.1, 0.15) is 0 Å². The van der Waals surface area contributed by atoms with Gasteiger partial charge in [-0.15, -0.1) is 0 Å². The molecule has 0 aliphatic heterocycles. The van der Waals surface area contributed by atoms with Gasteiger partial charge in [0.2, 0.25) is 0 Å². The molecule has 1 rings (SSSR count). The minimum absolute atomic E-state index is 0.406. The number of benzene rings is 1. The van der Waals surface area contributed by atoms with Crippen LogP contribution in [0.5, 0.6) is 0 Å². The highest BCUT2D eigenvalue weighted by molar-refractivity contribution is 7.80. The lowest BCUT2D eigenvalue weighted by Crippen LogP contribution is -2.34. The Morgan fingerprint density at radius 2 is 2.00 bits per heavy atom. The Labute approximate surface area is 114 Å². The van der Waals surface area contributed by atoms with Crippen LogP contribution in [0.3, 0.4) is 0 Å². The van der Waals surface area contributed by atoms with E-state index in [1.807, 2.05) is 24.3 Å². The summed E-state index contributed by atoms with van der Waals surface area (Å²) in [6.07, 6.45) is 1.82. The van der Waals surface area contributed by atoms with Gasteiger partial charge < -0.3 is 5.73 Å². The zero-order chi connectivity index (χ0) is 12.8. The fourth-order valence-electron chi connectivity index (χ4n) is 1.85. The molecule has 0 bridgehead atoms. The summed E-state index contributed by atoms with van der Waals surface area (Å²) < 4.78 is 0. The Bertz CT molecular complexity index is 364. The molecule has 1 aromatic carbocycles. The topological polar surface area (TPSA) is 29.3 Å². The molecule has 0 heterocycles. The summed E-state index contributed by atoms with van der Waals surface area (Å²) in [6.45, 7) is 3.04. The van der Waals surface area contributed by atoms with E-state index in [9.17, 15) is 0 Å². The van der Waals surface area contributed by atoms with Crippen LogP contribution in [0.4, 0.5) is 0 Å².